The van der Waals surface area contributed by atoms with Crippen LogP contribution >= 0.6 is 11.8 Å². The quantitative estimate of drug-likeness (QED) is 0.368. The van der Waals surface area contributed by atoms with E-state index in [0.29, 0.717) is 23.3 Å². The van der Waals surface area contributed by atoms with Crippen LogP contribution in [0.3, 0.4) is 0 Å². The average Bonchev–Trinajstić information content (AvgIpc) is 3.12. The van der Waals surface area contributed by atoms with Crippen molar-refractivity contribution in [2.24, 2.45) is 0 Å². The number of aromatic nitrogens is 3. The second-order valence-corrected chi connectivity index (χ2v) is 8.01. The number of fused-ring (bicyclic) bond motifs is 1. The third-order valence-corrected chi connectivity index (χ3v) is 5.44. The zero-order valence-electron chi connectivity index (χ0n) is 17.4. The van der Waals surface area contributed by atoms with Crippen LogP contribution in [0.4, 0.5) is 5.95 Å². The minimum Gasteiger partial charge on any atom is -0.494 e. The van der Waals surface area contributed by atoms with Crippen LogP contribution in [-0.2, 0) is 9.53 Å². The fraction of sp³-hybridized carbons (Fsp3) is 0.476. The Hall–Kier alpha value is -2.48. The number of rotatable bonds is 9. The molecular weight excluding hydrogens is 388 g/mol. The second-order valence-electron chi connectivity index (χ2n) is 6.78. The highest BCUT2D eigenvalue weighted by molar-refractivity contribution is 7.99. The van der Waals surface area contributed by atoms with Gasteiger partial charge in [-0.05, 0) is 36.8 Å². The Labute approximate surface area is 175 Å². The minimum atomic E-state index is -0.411. The molecule has 7 nitrogen and oxygen atoms in total. The number of benzene rings is 1. The second kappa shape index (κ2) is 9.82. The van der Waals surface area contributed by atoms with Crippen molar-refractivity contribution >= 4 is 23.7 Å². The van der Waals surface area contributed by atoms with E-state index in [4.69, 9.17) is 9.47 Å². The molecule has 1 N–H and O–H groups in total. The first-order valence-electron chi connectivity index (χ1n) is 9.97. The van der Waals surface area contributed by atoms with Crippen molar-refractivity contribution in [1.82, 2.24) is 14.8 Å². The number of hydrogen-bond donors (Lipinski definition) is 1. The van der Waals surface area contributed by atoms with Gasteiger partial charge in [0.15, 0.2) is 0 Å². The van der Waals surface area contributed by atoms with Gasteiger partial charge < -0.3 is 14.8 Å². The molecule has 0 radical (unpaired) electrons. The number of esters is 1. The number of carbonyl (C=O) groups excluding carboxylic acids is 1. The Morgan fingerprint density at radius 2 is 2.00 bits per heavy atom. The number of methoxy groups -OCH3 is 1. The molecule has 0 spiro atoms. The van der Waals surface area contributed by atoms with Crippen LogP contribution in [0.15, 0.2) is 40.7 Å². The van der Waals surface area contributed by atoms with Crippen LogP contribution < -0.4 is 10.1 Å². The molecule has 1 aliphatic heterocycles. The van der Waals surface area contributed by atoms with Crippen molar-refractivity contribution in [3.63, 3.8) is 0 Å². The molecule has 0 saturated heterocycles. The maximum atomic E-state index is 12.6. The van der Waals surface area contributed by atoms with Gasteiger partial charge in [0.05, 0.1) is 19.3 Å². The molecule has 1 atom stereocenters. The molecule has 0 amide bonds. The summed E-state index contributed by atoms with van der Waals surface area (Å²) in [6, 6.07) is 7.41. The van der Waals surface area contributed by atoms with E-state index in [-0.39, 0.29) is 5.97 Å². The van der Waals surface area contributed by atoms with Crippen LogP contribution in [0, 0.1) is 0 Å². The highest BCUT2D eigenvalue weighted by Gasteiger charge is 2.34. The Kier molecular flexibility index (Phi) is 7.19. The lowest BCUT2D eigenvalue weighted by Crippen LogP contribution is -2.29. The molecule has 156 valence electrons. The van der Waals surface area contributed by atoms with Gasteiger partial charge in [0, 0.05) is 5.70 Å². The molecule has 8 heteroatoms. The third kappa shape index (κ3) is 4.75. The van der Waals surface area contributed by atoms with Crippen LogP contribution in [-0.4, -0.2) is 40.2 Å². The molecule has 0 aliphatic carbocycles. The van der Waals surface area contributed by atoms with Gasteiger partial charge in [0.2, 0.25) is 11.1 Å². The molecule has 1 aromatic carbocycles. The number of allylic oxidation sites excluding steroid dienone is 1. The topological polar surface area (TPSA) is 78.3 Å². The van der Waals surface area contributed by atoms with Gasteiger partial charge in [-0.2, -0.15) is 4.98 Å². The highest BCUT2D eigenvalue weighted by atomic mass is 32.2. The molecule has 3 rings (SSSR count). The molecule has 0 bridgehead atoms. The van der Waals surface area contributed by atoms with Crippen molar-refractivity contribution < 1.29 is 14.3 Å². The Bertz CT molecular complexity index is 877. The van der Waals surface area contributed by atoms with Crippen LogP contribution in [0.2, 0.25) is 0 Å². The molecular formula is C21H28N4O3S. The fourth-order valence-electron chi connectivity index (χ4n) is 3.29. The van der Waals surface area contributed by atoms with Crippen molar-refractivity contribution in [3.8, 4) is 5.75 Å². The maximum Gasteiger partial charge on any atom is 0.338 e. The first-order valence-corrected chi connectivity index (χ1v) is 11.0. The number of nitrogens with one attached hydrogen (secondary N) is 1. The number of anilines is 1. The van der Waals surface area contributed by atoms with E-state index >= 15 is 0 Å². The Balaban J connectivity index is 1.92. The van der Waals surface area contributed by atoms with E-state index in [2.05, 4.69) is 29.2 Å². The summed E-state index contributed by atoms with van der Waals surface area (Å²) < 4.78 is 12.6. The number of thioether (sulfide) groups is 1. The van der Waals surface area contributed by atoms with Crippen LogP contribution in [0.1, 0.15) is 51.6 Å². The van der Waals surface area contributed by atoms with Crippen molar-refractivity contribution in [2.75, 3.05) is 24.8 Å². The summed E-state index contributed by atoms with van der Waals surface area (Å²) in [5.74, 6) is 1.93. The standard InChI is InChI=1S/C21H28N4O3S/c1-5-7-8-13-28-16-11-9-15(10-12-16)18-17(19(26)27-4)14(3)22-20-23-21(29-6-2)24-25(18)20/h9-12,18H,5-8,13H2,1-4H3,(H,22,23,24). The lowest BCUT2D eigenvalue weighted by molar-refractivity contribution is -0.136. The smallest absolute Gasteiger partial charge is 0.338 e. The van der Waals surface area contributed by atoms with Gasteiger partial charge in [-0.3, -0.25) is 0 Å². The number of nitrogens with zero attached hydrogens (tertiary/aromatic N) is 3. The normalized spacial score (nSPS) is 15.7. The van der Waals surface area contributed by atoms with E-state index in [1.807, 2.05) is 31.2 Å². The van der Waals surface area contributed by atoms with Gasteiger partial charge in [0.1, 0.15) is 11.8 Å². The minimum absolute atomic E-state index is 0.384. The monoisotopic (exact) mass is 416 g/mol. The average molecular weight is 417 g/mol. The SMILES string of the molecule is CCCCCOc1ccc(C2C(C(=O)OC)=C(C)Nc3nc(SCC)nn32)cc1. The molecule has 0 saturated carbocycles. The maximum absolute atomic E-state index is 12.6. The number of unbranched alkanes of at least 4 members (excludes halogenated alkanes) is 2. The molecule has 1 aromatic heterocycles. The summed E-state index contributed by atoms with van der Waals surface area (Å²) in [6.07, 6.45) is 3.37. The first kappa shape index (κ1) is 21.2. The van der Waals surface area contributed by atoms with E-state index in [1.54, 1.807) is 16.4 Å². The summed E-state index contributed by atoms with van der Waals surface area (Å²) in [5, 5.41) is 8.49. The lowest BCUT2D eigenvalue weighted by atomic mass is 9.96. The van der Waals surface area contributed by atoms with Crippen LogP contribution in [0.5, 0.6) is 5.75 Å². The van der Waals surface area contributed by atoms with E-state index in [9.17, 15) is 4.79 Å². The van der Waals surface area contributed by atoms with Gasteiger partial charge in [-0.1, -0.05) is 50.6 Å². The van der Waals surface area contributed by atoms with Crippen molar-refractivity contribution in [1.29, 1.82) is 0 Å². The van der Waals surface area contributed by atoms with E-state index in [0.717, 1.165) is 35.6 Å². The zero-order chi connectivity index (χ0) is 20.8. The predicted molar refractivity (Wildman–Crippen MR) is 114 cm³/mol. The molecule has 0 fully saturated rings. The zero-order valence-corrected chi connectivity index (χ0v) is 18.2. The molecule has 1 aliphatic rings. The third-order valence-electron chi connectivity index (χ3n) is 4.72. The van der Waals surface area contributed by atoms with Crippen LogP contribution in [0.25, 0.3) is 0 Å². The summed E-state index contributed by atoms with van der Waals surface area (Å²) >= 11 is 1.56. The van der Waals surface area contributed by atoms with Crippen molar-refractivity contribution in [3.05, 3.63) is 41.1 Å². The first-order chi connectivity index (χ1) is 14.1. The largest absolute Gasteiger partial charge is 0.494 e. The lowest BCUT2D eigenvalue weighted by Gasteiger charge is -2.27. The number of carbonyl (C=O) groups is 1. The molecule has 2 heterocycles. The number of ether oxygens (including phenoxy) is 2. The van der Waals surface area contributed by atoms with Gasteiger partial charge >= 0.3 is 5.97 Å². The summed E-state index contributed by atoms with van der Waals surface area (Å²) in [6.45, 7) is 6.79. The van der Waals surface area contributed by atoms with Crippen molar-refractivity contribution in [2.45, 2.75) is 51.2 Å². The van der Waals surface area contributed by atoms with Gasteiger partial charge in [0.25, 0.3) is 0 Å². The van der Waals surface area contributed by atoms with E-state index in [1.165, 1.54) is 13.5 Å². The van der Waals surface area contributed by atoms with Gasteiger partial charge in [-0.15, -0.1) is 5.10 Å². The van der Waals surface area contributed by atoms with Gasteiger partial charge in [-0.25, -0.2) is 9.48 Å². The molecule has 2 aromatic rings. The fourth-order valence-corrected chi connectivity index (χ4v) is 3.85. The Morgan fingerprint density at radius 1 is 1.24 bits per heavy atom. The summed E-state index contributed by atoms with van der Waals surface area (Å²) in [4.78, 5) is 17.1. The summed E-state index contributed by atoms with van der Waals surface area (Å²) in [5.41, 5.74) is 2.16. The van der Waals surface area contributed by atoms with E-state index < -0.39 is 6.04 Å². The molecule has 1 unspecified atom stereocenters. The molecule has 29 heavy (non-hydrogen) atoms. The number of hydrogen-bond acceptors (Lipinski definition) is 7. The summed E-state index contributed by atoms with van der Waals surface area (Å²) in [7, 11) is 1.39. The highest BCUT2D eigenvalue weighted by Crippen LogP contribution is 2.37. The Morgan fingerprint density at radius 3 is 2.66 bits per heavy atom. The predicted octanol–water partition coefficient (Wildman–Crippen LogP) is 4.42.